The fraction of sp³-hybridized carbons (Fsp3) is 0.667. The molecule has 1 aliphatic carbocycles. The minimum atomic E-state index is -0.525. The quantitative estimate of drug-likeness (QED) is 0.832. The second-order valence-corrected chi connectivity index (χ2v) is 6.69. The summed E-state index contributed by atoms with van der Waals surface area (Å²) in [6.45, 7) is 5.44. The monoisotopic (exact) mass is 275 g/mol. The topological polar surface area (TPSA) is 32.3 Å². The minimum Gasteiger partial charge on any atom is -0.388 e. The van der Waals surface area contributed by atoms with Gasteiger partial charge < -0.3 is 10.4 Å². The maximum atomic E-state index is 11.0. The summed E-state index contributed by atoms with van der Waals surface area (Å²) in [5.41, 5.74) is 0.803. The first-order valence-electron chi connectivity index (χ1n) is 8.10. The SMILES string of the molecule is CC(C)CN[C@@H]1CCCC[C@]1(O)CCc1ccccc1. The van der Waals surface area contributed by atoms with Gasteiger partial charge in [0.05, 0.1) is 5.60 Å². The van der Waals surface area contributed by atoms with Crippen molar-refractivity contribution in [2.45, 2.75) is 64.0 Å². The van der Waals surface area contributed by atoms with Gasteiger partial charge in [-0.05, 0) is 43.7 Å². The normalized spacial score (nSPS) is 26.9. The zero-order valence-electron chi connectivity index (χ0n) is 12.9. The van der Waals surface area contributed by atoms with Crippen molar-refractivity contribution < 1.29 is 5.11 Å². The Hall–Kier alpha value is -0.860. The highest BCUT2D eigenvalue weighted by Gasteiger charge is 2.38. The predicted molar refractivity (Wildman–Crippen MR) is 84.8 cm³/mol. The molecule has 1 aromatic rings. The van der Waals surface area contributed by atoms with E-state index < -0.39 is 5.60 Å². The molecule has 2 atom stereocenters. The van der Waals surface area contributed by atoms with Crippen molar-refractivity contribution in [1.82, 2.24) is 5.32 Å². The van der Waals surface area contributed by atoms with Crippen LogP contribution >= 0.6 is 0 Å². The molecule has 0 amide bonds. The van der Waals surface area contributed by atoms with Crippen molar-refractivity contribution in [2.24, 2.45) is 5.92 Å². The van der Waals surface area contributed by atoms with E-state index in [2.05, 4.69) is 43.4 Å². The Bertz CT molecular complexity index is 390. The van der Waals surface area contributed by atoms with E-state index in [1.165, 1.54) is 12.0 Å². The Kier molecular flexibility index (Phi) is 5.62. The summed E-state index contributed by atoms with van der Waals surface area (Å²) in [5.74, 6) is 0.635. The molecule has 2 nitrogen and oxygen atoms in total. The average molecular weight is 275 g/mol. The number of benzene rings is 1. The number of aryl methyl sites for hydroxylation is 1. The summed E-state index contributed by atoms with van der Waals surface area (Å²) in [6.07, 6.45) is 6.28. The van der Waals surface area contributed by atoms with Gasteiger partial charge in [-0.3, -0.25) is 0 Å². The van der Waals surface area contributed by atoms with E-state index in [0.29, 0.717) is 5.92 Å². The molecule has 112 valence electrons. The predicted octanol–water partition coefficient (Wildman–Crippen LogP) is 3.54. The zero-order valence-corrected chi connectivity index (χ0v) is 12.9. The van der Waals surface area contributed by atoms with Gasteiger partial charge >= 0.3 is 0 Å². The molecule has 1 fully saturated rings. The molecule has 1 saturated carbocycles. The van der Waals surface area contributed by atoms with Gasteiger partial charge in [-0.15, -0.1) is 0 Å². The highest BCUT2D eigenvalue weighted by Crippen LogP contribution is 2.32. The van der Waals surface area contributed by atoms with Gasteiger partial charge in [0.1, 0.15) is 0 Å². The molecule has 20 heavy (non-hydrogen) atoms. The first-order valence-corrected chi connectivity index (χ1v) is 8.10. The van der Waals surface area contributed by atoms with Gasteiger partial charge in [0.15, 0.2) is 0 Å². The number of aliphatic hydroxyl groups is 1. The van der Waals surface area contributed by atoms with E-state index >= 15 is 0 Å². The van der Waals surface area contributed by atoms with Crippen molar-refractivity contribution in [3.8, 4) is 0 Å². The van der Waals surface area contributed by atoms with Gasteiger partial charge in [-0.2, -0.15) is 0 Å². The summed E-state index contributed by atoms with van der Waals surface area (Å²) in [4.78, 5) is 0. The van der Waals surface area contributed by atoms with Crippen LogP contribution in [0.2, 0.25) is 0 Å². The molecular formula is C18H29NO. The third kappa shape index (κ3) is 4.32. The van der Waals surface area contributed by atoms with Crippen molar-refractivity contribution in [3.05, 3.63) is 35.9 Å². The first kappa shape index (κ1) is 15.5. The number of nitrogens with one attached hydrogen (secondary N) is 1. The van der Waals surface area contributed by atoms with Crippen LogP contribution in [0.15, 0.2) is 30.3 Å². The Morgan fingerprint density at radius 1 is 1.25 bits per heavy atom. The smallest absolute Gasteiger partial charge is 0.0803 e. The number of rotatable bonds is 6. The molecule has 1 aliphatic rings. The zero-order chi connectivity index (χ0) is 14.4. The molecule has 0 unspecified atom stereocenters. The summed E-state index contributed by atoms with van der Waals surface area (Å²) >= 11 is 0. The molecule has 0 radical (unpaired) electrons. The van der Waals surface area contributed by atoms with Crippen molar-refractivity contribution in [1.29, 1.82) is 0 Å². The van der Waals surface area contributed by atoms with Crippen LogP contribution in [0.5, 0.6) is 0 Å². The Morgan fingerprint density at radius 3 is 2.70 bits per heavy atom. The van der Waals surface area contributed by atoms with E-state index in [9.17, 15) is 5.11 Å². The Morgan fingerprint density at radius 2 is 2.00 bits per heavy atom. The summed E-state index contributed by atoms with van der Waals surface area (Å²) in [7, 11) is 0. The fourth-order valence-corrected chi connectivity index (χ4v) is 3.20. The lowest BCUT2D eigenvalue weighted by Gasteiger charge is -2.41. The molecule has 0 heterocycles. The standard InChI is InChI=1S/C18H29NO/c1-15(2)14-19-17-10-6-7-12-18(17,20)13-11-16-8-4-3-5-9-16/h3-5,8-9,15,17,19-20H,6-7,10-14H2,1-2H3/t17-,18+/m1/s1. The molecular weight excluding hydrogens is 246 g/mol. The lowest BCUT2D eigenvalue weighted by molar-refractivity contribution is -0.0342. The maximum absolute atomic E-state index is 11.0. The fourth-order valence-electron chi connectivity index (χ4n) is 3.20. The van der Waals surface area contributed by atoms with E-state index in [1.807, 2.05) is 6.07 Å². The van der Waals surface area contributed by atoms with E-state index in [0.717, 1.165) is 38.6 Å². The average Bonchev–Trinajstić information content (AvgIpc) is 2.45. The third-order valence-corrected chi connectivity index (χ3v) is 4.46. The van der Waals surface area contributed by atoms with Crippen LogP contribution in [0.3, 0.4) is 0 Å². The molecule has 0 aromatic heterocycles. The van der Waals surface area contributed by atoms with Gasteiger partial charge in [0.2, 0.25) is 0 Å². The molecule has 0 saturated heterocycles. The summed E-state index contributed by atoms with van der Waals surface area (Å²) in [5, 5.41) is 14.6. The van der Waals surface area contributed by atoms with Crippen LogP contribution in [0.1, 0.15) is 51.5 Å². The number of hydrogen-bond donors (Lipinski definition) is 2. The van der Waals surface area contributed by atoms with Crippen LogP contribution in [0, 0.1) is 5.92 Å². The Labute approximate surface area is 123 Å². The maximum Gasteiger partial charge on any atom is 0.0803 e. The lowest BCUT2D eigenvalue weighted by atomic mass is 9.76. The summed E-state index contributed by atoms with van der Waals surface area (Å²) in [6, 6.07) is 10.8. The first-order chi connectivity index (χ1) is 9.60. The van der Waals surface area contributed by atoms with Crippen molar-refractivity contribution >= 4 is 0 Å². The molecule has 2 heteroatoms. The largest absolute Gasteiger partial charge is 0.388 e. The highest BCUT2D eigenvalue weighted by molar-refractivity contribution is 5.15. The molecule has 2 rings (SSSR count). The van der Waals surface area contributed by atoms with Gasteiger partial charge in [0, 0.05) is 6.04 Å². The van der Waals surface area contributed by atoms with Gasteiger partial charge in [-0.1, -0.05) is 57.0 Å². The number of hydrogen-bond acceptors (Lipinski definition) is 2. The van der Waals surface area contributed by atoms with E-state index in [1.54, 1.807) is 0 Å². The summed E-state index contributed by atoms with van der Waals surface area (Å²) < 4.78 is 0. The van der Waals surface area contributed by atoms with Crippen LogP contribution in [-0.4, -0.2) is 23.3 Å². The second-order valence-electron chi connectivity index (χ2n) is 6.69. The third-order valence-electron chi connectivity index (χ3n) is 4.46. The van der Waals surface area contributed by atoms with Crippen LogP contribution < -0.4 is 5.32 Å². The van der Waals surface area contributed by atoms with Crippen molar-refractivity contribution in [2.75, 3.05) is 6.54 Å². The minimum absolute atomic E-state index is 0.266. The van der Waals surface area contributed by atoms with E-state index in [4.69, 9.17) is 0 Å². The van der Waals surface area contributed by atoms with Crippen LogP contribution in [0.25, 0.3) is 0 Å². The molecule has 0 bridgehead atoms. The molecule has 0 aliphatic heterocycles. The molecule has 0 spiro atoms. The lowest BCUT2D eigenvalue weighted by Crippen LogP contribution is -2.53. The molecule has 2 N–H and O–H groups in total. The second kappa shape index (κ2) is 7.24. The Balaban J connectivity index is 1.93. The van der Waals surface area contributed by atoms with Gasteiger partial charge in [0.25, 0.3) is 0 Å². The van der Waals surface area contributed by atoms with Crippen LogP contribution in [0.4, 0.5) is 0 Å². The van der Waals surface area contributed by atoms with Gasteiger partial charge in [-0.25, -0.2) is 0 Å². The van der Waals surface area contributed by atoms with E-state index in [-0.39, 0.29) is 6.04 Å². The molecule has 1 aromatic carbocycles. The van der Waals surface area contributed by atoms with Crippen molar-refractivity contribution in [3.63, 3.8) is 0 Å². The highest BCUT2D eigenvalue weighted by atomic mass is 16.3. The van der Waals surface area contributed by atoms with Crippen LogP contribution in [-0.2, 0) is 6.42 Å².